The fraction of sp³-hybridized carbons (Fsp3) is 0.472. The van der Waals surface area contributed by atoms with Gasteiger partial charge < -0.3 is 34.7 Å². The lowest BCUT2D eigenvalue weighted by atomic mass is 9.75. The van der Waals surface area contributed by atoms with Crippen molar-refractivity contribution in [3.63, 3.8) is 0 Å². The van der Waals surface area contributed by atoms with Gasteiger partial charge in [0.1, 0.15) is 6.10 Å². The van der Waals surface area contributed by atoms with Gasteiger partial charge in [-0.25, -0.2) is 0 Å². The SMILES string of the molecule is CCN(c1cc(-c2ccc3c(c2)NC(=O)C32CCOCC2)cc(C(=O)NCc2c(C)cc(C)[nH]c2=O)c1C)C1CCOCC1OC. The fourth-order valence-corrected chi connectivity index (χ4v) is 7.46. The van der Waals surface area contributed by atoms with E-state index < -0.39 is 5.41 Å². The number of aromatic amines is 1. The standard InChI is InChI=1S/C36H44N4O6/c1-6-40(30-9-12-46-20-32(30)44-5)31-18-25(24-7-8-28-29(17-24)39-35(43)36(28)10-13-45-14-11-36)16-26(23(31)4)33(41)37-19-27-21(2)15-22(3)38-34(27)42/h7-8,15-18,30,32H,6,9-14,19-20H2,1-5H3,(H,37,41)(H,38,42)(H,39,43). The first-order chi connectivity index (χ1) is 22.2. The molecule has 2 amide bonds. The van der Waals surface area contributed by atoms with E-state index in [9.17, 15) is 14.4 Å². The van der Waals surface area contributed by atoms with Gasteiger partial charge >= 0.3 is 0 Å². The first-order valence-electron chi connectivity index (χ1n) is 16.2. The van der Waals surface area contributed by atoms with Crippen molar-refractivity contribution < 1.29 is 23.8 Å². The maximum Gasteiger partial charge on any atom is 0.253 e. The average molecular weight is 629 g/mol. The van der Waals surface area contributed by atoms with Crippen LogP contribution in [0.5, 0.6) is 0 Å². The third kappa shape index (κ3) is 5.74. The lowest BCUT2D eigenvalue weighted by Crippen LogP contribution is -2.50. The van der Waals surface area contributed by atoms with Gasteiger partial charge in [-0.1, -0.05) is 12.1 Å². The molecule has 0 radical (unpaired) electrons. The molecule has 1 spiro atoms. The van der Waals surface area contributed by atoms with E-state index in [1.165, 1.54) is 0 Å². The number of rotatable bonds is 8. The van der Waals surface area contributed by atoms with Gasteiger partial charge in [0.15, 0.2) is 0 Å². The van der Waals surface area contributed by atoms with Gasteiger partial charge in [0.05, 0.1) is 18.1 Å². The fourth-order valence-electron chi connectivity index (χ4n) is 7.46. The predicted octanol–water partition coefficient (Wildman–Crippen LogP) is 4.53. The van der Waals surface area contributed by atoms with Crippen molar-refractivity contribution in [1.29, 1.82) is 0 Å². The highest BCUT2D eigenvalue weighted by Crippen LogP contribution is 2.46. The minimum absolute atomic E-state index is 0.0243. The minimum atomic E-state index is -0.557. The van der Waals surface area contributed by atoms with E-state index >= 15 is 0 Å². The zero-order valence-corrected chi connectivity index (χ0v) is 27.4. The van der Waals surface area contributed by atoms with E-state index in [2.05, 4.69) is 39.6 Å². The molecule has 46 heavy (non-hydrogen) atoms. The summed E-state index contributed by atoms with van der Waals surface area (Å²) in [5.74, 6) is -0.238. The molecule has 2 fully saturated rings. The number of benzene rings is 2. The number of H-pyrrole nitrogens is 1. The van der Waals surface area contributed by atoms with Crippen LogP contribution in [0.4, 0.5) is 11.4 Å². The van der Waals surface area contributed by atoms with Crippen LogP contribution < -0.4 is 21.1 Å². The van der Waals surface area contributed by atoms with Gasteiger partial charge in [-0.3, -0.25) is 14.4 Å². The summed E-state index contributed by atoms with van der Waals surface area (Å²) in [6, 6.07) is 12.1. The number of nitrogens with one attached hydrogen (secondary N) is 3. The van der Waals surface area contributed by atoms with Gasteiger partial charge in [0.2, 0.25) is 5.91 Å². The summed E-state index contributed by atoms with van der Waals surface area (Å²) in [5, 5.41) is 6.15. The molecule has 2 aromatic carbocycles. The molecule has 244 valence electrons. The van der Waals surface area contributed by atoms with Crippen LogP contribution in [0.3, 0.4) is 0 Å². The number of carbonyl (C=O) groups excluding carboxylic acids is 2. The summed E-state index contributed by atoms with van der Waals surface area (Å²) in [5.41, 5.74) is 7.27. The zero-order valence-electron chi connectivity index (χ0n) is 27.4. The molecule has 3 aliphatic heterocycles. The maximum absolute atomic E-state index is 13.9. The van der Waals surface area contributed by atoms with E-state index in [0.29, 0.717) is 56.9 Å². The summed E-state index contributed by atoms with van der Waals surface area (Å²) < 4.78 is 17.2. The lowest BCUT2D eigenvalue weighted by Gasteiger charge is -2.41. The Morgan fingerprint density at radius 1 is 1.04 bits per heavy atom. The molecule has 10 heteroatoms. The lowest BCUT2D eigenvalue weighted by molar-refractivity contribution is -0.124. The zero-order chi connectivity index (χ0) is 32.6. The number of methoxy groups -OCH3 is 1. The third-order valence-electron chi connectivity index (χ3n) is 10.1. The summed E-state index contributed by atoms with van der Waals surface area (Å²) in [6.07, 6.45) is 2.00. The molecule has 1 aromatic heterocycles. The number of hydrogen-bond donors (Lipinski definition) is 3. The molecule has 3 aromatic rings. The minimum Gasteiger partial charge on any atom is -0.381 e. The van der Waals surface area contributed by atoms with E-state index in [0.717, 1.165) is 51.3 Å². The van der Waals surface area contributed by atoms with Crippen molar-refractivity contribution in [3.05, 3.63) is 80.3 Å². The predicted molar refractivity (Wildman–Crippen MR) is 178 cm³/mol. The van der Waals surface area contributed by atoms with Crippen molar-refractivity contribution >= 4 is 23.2 Å². The number of pyridine rings is 1. The highest BCUT2D eigenvalue weighted by atomic mass is 16.5. The molecule has 0 bridgehead atoms. The van der Waals surface area contributed by atoms with E-state index in [4.69, 9.17) is 14.2 Å². The molecular weight excluding hydrogens is 584 g/mol. The summed E-state index contributed by atoms with van der Waals surface area (Å²) in [7, 11) is 1.71. The smallest absolute Gasteiger partial charge is 0.253 e. The average Bonchev–Trinajstić information content (AvgIpc) is 3.31. The van der Waals surface area contributed by atoms with Crippen molar-refractivity contribution in [2.24, 2.45) is 0 Å². The molecule has 6 rings (SSSR count). The van der Waals surface area contributed by atoms with Gasteiger partial charge in [-0.2, -0.15) is 0 Å². The second kappa shape index (κ2) is 13.0. The number of ether oxygens (including phenoxy) is 3. The molecule has 10 nitrogen and oxygen atoms in total. The van der Waals surface area contributed by atoms with Crippen LogP contribution >= 0.6 is 0 Å². The Kier molecular flexibility index (Phi) is 9.05. The molecule has 0 saturated carbocycles. The highest BCUT2D eigenvalue weighted by Gasteiger charge is 2.47. The number of likely N-dealkylation sites (N-methyl/N-ethyl adjacent to an activating group) is 1. The molecule has 4 heterocycles. The normalized spacial score (nSPS) is 20.3. The van der Waals surface area contributed by atoms with Crippen molar-refractivity contribution in [1.82, 2.24) is 10.3 Å². The number of aromatic nitrogens is 1. The molecule has 2 atom stereocenters. The molecule has 2 unspecified atom stereocenters. The Morgan fingerprint density at radius 2 is 1.83 bits per heavy atom. The third-order valence-corrected chi connectivity index (χ3v) is 10.1. The number of hydrogen-bond acceptors (Lipinski definition) is 7. The highest BCUT2D eigenvalue weighted by molar-refractivity contribution is 6.07. The first-order valence-corrected chi connectivity index (χ1v) is 16.2. The number of aryl methyl sites for hydroxylation is 2. The second-order valence-electron chi connectivity index (χ2n) is 12.7. The Bertz CT molecular complexity index is 1710. The van der Waals surface area contributed by atoms with Crippen LogP contribution in [0.1, 0.15) is 64.5 Å². The largest absolute Gasteiger partial charge is 0.381 e. The summed E-state index contributed by atoms with van der Waals surface area (Å²) >= 11 is 0. The Hall–Kier alpha value is -3.99. The number of carbonyl (C=O) groups is 2. The molecule has 0 aliphatic carbocycles. The first kappa shape index (κ1) is 32.0. The van der Waals surface area contributed by atoms with E-state index in [1.807, 2.05) is 45.0 Å². The van der Waals surface area contributed by atoms with Gasteiger partial charge in [0, 0.05) is 68.2 Å². The summed E-state index contributed by atoms with van der Waals surface area (Å²) in [6.45, 7) is 10.9. The van der Waals surface area contributed by atoms with Crippen molar-refractivity contribution in [2.75, 3.05) is 50.3 Å². The molecule has 2 saturated heterocycles. The number of anilines is 2. The number of fused-ring (bicyclic) bond motifs is 2. The Balaban J connectivity index is 1.41. The van der Waals surface area contributed by atoms with Gasteiger partial charge in [0.25, 0.3) is 11.5 Å². The van der Waals surface area contributed by atoms with Crippen LogP contribution in [0, 0.1) is 20.8 Å². The van der Waals surface area contributed by atoms with E-state index in [1.54, 1.807) is 7.11 Å². The van der Waals surface area contributed by atoms with Gasteiger partial charge in [-0.15, -0.1) is 0 Å². The van der Waals surface area contributed by atoms with Crippen LogP contribution in [-0.4, -0.2) is 69.0 Å². The van der Waals surface area contributed by atoms with Crippen molar-refractivity contribution in [2.45, 2.75) is 71.1 Å². The quantitative estimate of drug-likeness (QED) is 0.335. The monoisotopic (exact) mass is 628 g/mol. The van der Waals surface area contributed by atoms with Gasteiger partial charge in [-0.05, 0) is 99.0 Å². The van der Waals surface area contributed by atoms with Crippen LogP contribution in [0.2, 0.25) is 0 Å². The topological polar surface area (TPSA) is 122 Å². The van der Waals surface area contributed by atoms with Crippen LogP contribution in [0.15, 0.2) is 41.2 Å². The number of nitrogens with zero attached hydrogens (tertiary/aromatic N) is 1. The number of amides is 2. The van der Waals surface area contributed by atoms with E-state index in [-0.39, 0.29) is 36.1 Å². The summed E-state index contributed by atoms with van der Waals surface area (Å²) in [4.78, 5) is 45.0. The van der Waals surface area contributed by atoms with Crippen molar-refractivity contribution in [3.8, 4) is 11.1 Å². The van der Waals surface area contributed by atoms with Crippen LogP contribution in [-0.2, 0) is 31.0 Å². The maximum atomic E-state index is 13.9. The Morgan fingerprint density at radius 3 is 2.54 bits per heavy atom. The molecular formula is C36H44N4O6. The second-order valence-corrected chi connectivity index (χ2v) is 12.7. The Labute approximate surface area is 269 Å². The molecule has 3 N–H and O–H groups in total. The van der Waals surface area contributed by atoms with Crippen LogP contribution in [0.25, 0.3) is 11.1 Å². The molecule has 3 aliphatic rings.